The molecule has 2 heteroatoms. The van der Waals surface area contributed by atoms with Crippen molar-refractivity contribution in [3.8, 4) is 0 Å². The highest BCUT2D eigenvalue weighted by Gasteiger charge is 2.09. The fraction of sp³-hybridized carbons (Fsp3) is 0.882. The Bertz CT molecular complexity index is 233. The molecule has 0 fully saturated rings. The van der Waals surface area contributed by atoms with Gasteiger partial charge in [0.05, 0.1) is 0 Å². The number of rotatable bonds is 14. The molecular formula is C17H32O2. The van der Waals surface area contributed by atoms with Crippen molar-refractivity contribution in [1.82, 2.24) is 0 Å². The molecule has 0 heterocycles. The van der Waals surface area contributed by atoms with Crippen LogP contribution in [0.1, 0.15) is 97.3 Å². The molecule has 0 aliphatic carbocycles. The van der Waals surface area contributed by atoms with E-state index in [0.29, 0.717) is 12.8 Å². The van der Waals surface area contributed by atoms with Crippen molar-refractivity contribution in [2.45, 2.75) is 97.3 Å². The summed E-state index contributed by atoms with van der Waals surface area (Å²) in [5, 5.41) is 0. The van der Waals surface area contributed by atoms with Crippen molar-refractivity contribution in [3.63, 3.8) is 0 Å². The summed E-state index contributed by atoms with van der Waals surface area (Å²) in [5.41, 5.74) is 0. The highest BCUT2D eigenvalue weighted by Crippen LogP contribution is 2.12. The minimum atomic E-state index is -0.202. The molecule has 0 amide bonds. The Morgan fingerprint density at radius 1 is 0.579 bits per heavy atom. The standard InChI is InChI=1S/C17H32O2/c1-3-5-6-7-8-9-10-11-12-13-14-15-17(19)16(18)4-2/h3-15H2,1-2H3. The predicted molar refractivity (Wildman–Crippen MR) is 81.4 cm³/mol. The van der Waals surface area contributed by atoms with Crippen LogP contribution in [0, 0.1) is 0 Å². The number of ketones is 2. The van der Waals surface area contributed by atoms with Gasteiger partial charge in [0.25, 0.3) is 0 Å². The lowest BCUT2D eigenvalue weighted by Crippen LogP contribution is -2.11. The van der Waals surface area contributed by atoms with Gasteiger partial charge in [0.2, 0.25) is 0 Å². The molecule has 0 rings (SSSR count). The van der Waals surface area contributed by atoms with Gasteiger partial charge >= 0.3 is 0 Å². The number of carbonyl (C=O) groups excluding carboxylic acids is 2. The van der Waals surface area contributed by atoms with Crippen molar-refractivity contribution >= 4 is 11.6 Å². The summed E-state index contributed by atoms with van der Waals surface area (Å²) in [5.74, 6) is -0.370. The van der Waals surface area contributed by atoms with Gasteiger partial charge in [-0.1, -0.05) is 78.1 Å². The van der Waals surface area contributed by atoms with Crippen molar-refractivity contribution in [1.29, 1.82) is 0 Å². The number of hydrogen-bond acceptors (Lipinski definition) is 2. The van der Waals surface area contributed by atoms with Gasteiger partial charge in [-0.25, -0.2) is 0 Å². The van der Waals surface area contributed by atoms with Crippen molar-refractivity contribution < 1.29 is 9.59 Å². The predicted octanol–water partition coefficient (Wildman–Crippen LogP) is 5.24. The number of Topliss-reactive ketones (excluding diaryl/α,β-unsaturated/α-hetero) is 2. The van der Waals surface area contributed by atoms with Crippen LogP contribution in [0.15, 0.2) is 0 Å². The van der Waals surface area contributed by atoms with E-state index in [1.165, 1.54) is 57.8 Å². The van der Waals surface area contributed by atoms with Crippen LogP contribution >= 0.6 is 0 Å². The average molecular weight is 268 g/mol. The first-order chi connectivity index (χ1) is 9.22. The minimum absolute atomic E-state index is 0.168. The molecule has 0 atom stereocenters. The third-order valence-electron chi connectivity index (χ3n) is 3.64. The van der Waals surface area contributed by atoms with Crippen LogP contribution in [0.25, 0.3) is 0 Å². The third kappa shape index (κ3) is 12.1. The minimum Gasteiger partial charge on any atom is -0.291 e. The second kappa shape index (κ2) is 13.8. The van der Waals surface area contributed by atoms with E-state index in [9.17, 15) is 9.59 Å². The zero-order valence-electron chi connectivity index (χ0n) is 13.0. The molecule has 0 aliphatic rings. The van der Waals surface area contributed by atoms with Gasteiger partial charge in [0, 0.05) is 12.8 Å². The van der Waals surface area contributed by atoms with Gasteiger partial charge in [0.1, 0.15) is 0 Å². The molecule has 0 aliphatic heterocycles. The van der Waals surface area contributed by atoms with Crippen LogP contribution in [0.3, 0.4) is 0 Å². The van der Waals surface area contributed by atoms with E-state index < -0.39 is 0 Å². The molecule has 2 nitrogen and oxygen atoms in total. The maximum Gasteiger partial charge on any atom is 0.198 e. The van der Waals surface area contributed by atoms with E-state index >= 15 is 0 Å². The Balaban J connectivity index is 3.15. The van der Waals surface area contributed by atoms with Crippen LogP contribution < -0.4 is 0 Å². The third-order valence-corrected chi connectivity index (χ3v) is 3.64. The summed E-state index contributed by atoms with van der Waals surface area (Å²) in [7, 11) is 0. The van der Waals surface area contributed by atoms with Gasteiger partial charge in [-0.15, -0.1) is 0 Å². The highest BCUT2D eigenvalue weighted by molar-refractivity contribution is 6.37. The first-order valence-corrected chi connectivity index (χ1v) is 8.28. The van der Waals surface area contributed by atoms with Gasteiger partial charge in [-0.05, 0) is 6.42 Å². The van der Waals surface area contributed by atoms with E-state index in [-0.39, 0.29) is 11.6 Å². The number of carbonyl (C=O) groups is 2. The summed E-state index contributed by atoms with van der Waals surface area (Å²) in [6.07, 6.45) is 14.8. The van der Waals surface area contributed by atoms with E-state index in [1.54, 1.807) is 6.92 Å². The molecule has 0 saturated heterocycles. The lowest BCUT2D eigenvalue weighted by atomic mass is 10.0. The summed E-state index contributed by atoms with van der Waals surface area (Å²) in [4.78, 5) is 22.4. The van der Waals surface area contributed by atoms with E-state index in [2.05, 4.69) is 6.92 Å². The Kier molecular flexibility index (Phi) is 13.3. The first-order valence-electron chi connectivity index (χ1n) is 8.28. The molecule has 0 aromatic heterocycles. The fourth-order valence-electron chi connectivity index (χ4n) is 2.29. The Labute approximate surface area is 119 Å². The van der Waals surface area contributed by atoms with Gasteiger partial charge in [-0.3, -0.25) is 9.59 Å². The zero-order chi connectivity index (χ0) is 14.3. The first kappa shape index (κ1) is 18.3. The topological polar surface area (TPSA) is 34.1 Å². The summed E-state index contributed by atoms with van der Waals surface area (Å²) in [6, 6.07) is 0. The molecule has 0 N–H and O–H groups in total. The lowest BCUT2D eigenvalue weighted by Gasteiger charge is -2.02. The maximum absolute atomic E-state index is 11.3. The molecular weight excluding hydrogens is 236 g/mol. The molecule has 0 bridgehead atoms. The molecule has 0 unspecified atom stereocenters. The van der Waals surface area contributed by atoms with E-state index in [1.807, 2.05) is 0 Å². The van der Waals surface area contributed by atoms with Crippen LogP contribution in [0.2, 0.25) is 0 Å². The van der Waals surface area contributed by atoms with Gasteiger partial charge < -0.3 is 0 Å². The van der Waals surface area contributed by atoms with Crippen molar-refractivity contribution in [3.05, 3.63) is 0 Å². The Hall–Kier alpha value is -0.660. The summed E-state index contributed by atoms with van der Waals surface area (Å²) in [6.45, 7) is 4.00. The van der Waals surface area contributed by atoms with Gasteiger partial charge in [0.15, 0.2) is 11.6 Å². The normalized spacial score (nSPS) is 10.6. The Morgan fingerprint density at radius 2 is 1.00 bits per heavy atom. The second-order valence-electron chi connectivity index (χ2n) is 5.49. The lowest BCUT2D eigenvalue weighted by molar-refractivity contribution is -0.136. The largest absolute Gasteiger partial charge is 0.291 e. The van der Waals surface area contributed by atoms with Crippen molar-refractivity contribution in [2.24, 2.45) is 0 Å². The van der Waals surface area contributed by atoms with Crippen LogP contribution in [0.5, 0.6) is 0 Å². The number of hydrogen-bond donors (Lipinski definition) is 0. The number of unbranched alkanes of at least 4 members (excludes halogenated alkanes) is 10. The molecule has 0 aromatic carbocycles. The quantitative estimate of drug-likeness (QED) is 0.319. The monoisotopic (exact) mass is 268 g/mol. The highest BCUT2D eigenvalue weighted by atomic mass is 16.2. The fourth-order valence-corrected chi connectivity index (χ4v) is 2.29. The van der Waals surface area contributed by atoms with Crippen LogP contribution in [-0.2, 0) is 9.59 Å². The zero-order valence-corrected chi connectivity index (χ0v) is 13.0. The van der Waals surface area contributed by atoms with Crippen LogP contribution in [0.4, 0.5) is 0 Å². The molecule has 0 spiro atoms. The Morgan fingerprint density at radius 3 is 1.42 bits per heavy atom. The average Bonchev–Trinajstić information content (AvgIpc) is 2.43. The molecule has 112 valence electrons. The smallest absolute Gasteiger partial charge is 0.198 e. The van der Waals surface area contributed by atoms with Crippen molar-refractivity contribution in [2.75, 3.05) is 0 Å². The van der Waals surface area contributed by atoms with E-state index in [4.69, 9.17) is 0 Å². The second-order valence-corrected chi connectivity index (χ2v) is 5.49. The van der Waals surface area contributed by atoms with E-state index in [0.717, 1.165) is 12.8 Å². The molecule has 0 radical (unpaired) electrons. The maximum atomic E-state index is 11.3. The summed E-state index contributed by atoms with van der Waals surface area (Å²) >= 11 is 0. The van der Waals surface area contributed by atoms with Gasteiger partial charge in [-0.2, -0.15) is 0 Å². The SMILES string of the molecule is CCCCCCCCCCCCCC(=O)C(=O)CC. The molecule has 0 saturated carbocycles. The van der Waals surface area contributed by atoms with Crippen LogP contribution in [-0.4, -0.2) is 11.6 Å². The summed E-state index contributed by atoms with van der Waals surface area (Å²) < 4.78 is 0. The molecule has 0 aromatic rings. The molecule has 19 heavy (non-hydrogen) atoms.